The Hall–Kier alpha value is -1.97. The van der Waals surface area contributed by atoms with E-state index in [9.17, 15) is 9.59 Å². The number of aryl methyl sites for hydroxylation is 1. The first-order valence-electron chi connectivity index (χ1n) is 6.19. The number of para-hydroxylation sites is 1. The van der Waals surface area contributed by atoms with E-state index in [4.69, 9.17) is 0 Å². The SMILES string of the molecule is CC(=O)C1CCCc2nc3ccccc3c(=O)n21. The molecule has 4 nitrogen and oxygen atoms in total. The molecule has 0 fully saturated rings. The minimum atomic E-state index is -0.335. The summed E-state index contributed by atoms with van der Waals surface area (Å²) >= 11 is 0. The highest BCUT2D eigenvalue weighted by Crippen LogP contribution is 2.23. The molecule has 92 valence electrons. The van der Waals surface area contributed by atoms with Crippen molar-refractivity contribution in [1.82, 2.24) is 9.55 Å². The predicted molar refractivity (Wildman–Crippen MR) is 68.7 cm³/mol. The Bertz CT molecular complexity index is 688. The highest BCUT2D eigenvalue weighted by atomic mass is 16.1. The smallest absolute Gasteiger partial charge is 0.262 e. The zero-order chi connectivity index (χ0) is 12.7. The Morgan fingerprint density at radius 1 is 1.39 bits per heavy atom. The molecule has 1 aromatic carbocycles. The second kappa shape index (κ2) is 4.05. The molecule has 0 spiro atoms. The molecule has 18 heavy (non-hydrogen) atoms. The summed E-state index contributed by atoms with van der Waals surface area (Å²) < 4.78 is 1.59. The average molecular weight is 242 g/mol. The molecule has 2 aromatic rings. The summed E-state index contributed by atoms with van der Waals surface area (Å²) in [5.74, 6) is 0.778. The Morgan fingerprint density at radius 3 is 2.94 bits per heavy atom. The highest BCUT2D eigenvalue weighted by Gasteiger charge is 2.26. The quantitative estimate of drug-likeness (QED) is 0.767. The number of hydrogen-bond acceptors (Lipinski definition) is 3. The van der Waals surface area contributed by atoms with Gasteiger partial charge in [0.1, 0.15) is 5.82 Å². The van der Waals surface area contributed by atoms with Gasteiger partial charge < -0.3 is 0 Å². The van der Waals surface area contributed by atoms with Crippen molar-refractivity contribution in [1.29, 1.82) is 0 Å². The fraction of sp³-hybridized carbons (Fsp3) is 0.357. The highest BCUT2D eigenvalue weighted by molar-refractivity contribution is 5.82. The van der Waals surface area contributed by atoms with E-state index >= 15 is 0 Å². The number of fused-ring (bicyclic) bond motifs is 2. The lowest BCUT2D eigenvalue weighted by molar-refractivity contribution is -0.120. The van der Waals surface area contributed by atoms with Crippen LogP contribution in [0.4, 0.5) is 0 Å². The molecule has 3 rings (SSSR count). The number of benzene rings is 1. The first kappa shape index (κ1) is 11.1. The molecule has 0 saturated heterocycles. The van der Waals surface area contributed by atoms with Crippen molar-refractivity contribution in [3.05, 3.63) is 40.4 Å². The van der Waals surface area contributed by atoms with E-state index in [-0.39, 0.29) is 17.4 Å². The van der Waals surface area contributed by atoms with Gasteiger partial charge >= 0.3 is 0 Å². The number of rotatable bonds is 1. The van der Waals surface area contributed by atoms with Crippen LogP contribution in [-0.2, 0) is 11.2 Å². The van der Waals surface area contributed by atoms with Gasteiger partial charge in [-0.15, -0.1) is 0 Å². The summed E-state index contributed by atoms with van der Waals surface area (Å²) in [6, 6.07) is 6.97. The zero-order valence-electron chi connectivity index (χ0n) is 10.2. The van der Waals surface area contributed by atoms with Crippen molar-refractivity contribution in [2.24, 2.45) is 0 Å². The molecule has 0 bridgehead atoms. The Labute approximate surface area is 104 Å². The van der Waals surface area contributed by atoms with Gasteiger partial charge in [-0.3, -0.25) is 14.2 Å². The van der Waals surface area contributed by atoms with E-state index in [0.29, 0.717) is 5.39 Å². The van der Waals surface area contributed by atoms with E-state index in [0.717, 1.165) is 30.6 Å². The number of carbonyl (C=O) groups excluding carboxylic acids is 1. The van der Waals surface area contributed by atoms with Crippen LogP contribution in [0.5, 0.6) is 0 Å². The third-order valence-electron chi connectivity index (χ3n) is 3.54. The number of ketones is 1. The fourth-order valence-electron chi connectivity index (χ4n) is 2.66. The lowest BCUT2D eigenvalue weighted by Crippen LogP contribution is -2.35. The summed E-state index contributed by atoms with van der Waals surface area (Å²) in [7, 11) is 0. The number of carbonyl (C=O) groups is 1. The van der Waals surface area contributed by atoms with E-state index in [1.54, 1.807) is 17.6 Å². The van der Waals surface area contributed by atoms with Crippen molar-refractivity contribution < 1.29 is 4.79 Å². The second-order valence-electron chi connectivity index (χ2n) is 4.74. The molecule has 1 unspecified atom stereocenters. The standard InChI is InChI=1S/C14H14N2O2/c1-9(17)12-7-4-8-13-15-11-6-3-2-5-10(11)14(18)16(12)13/h2-3,5-6,12H,4,7-8H2,1H3. The maximum atomic E-state index is 12.5. The lowest BCUT2D eigenvalue weighted by Gasteiger charge is -2.25. The van der Waals surface area contributed by atoms with Crippen LogP contribution in [0.25, 0.3) is 10.9 Å². The van der Waals surface area contributed by atoms with Gasteiger partial charge in [-0.25, -0.2) is 4.98 Å². The maximum Gasteiger partial charge on any atom is 0.262 e. The number of nitrogens with zero attached hydrogens (tertiary/aromatic N) is 2. The van der Waals surface area contributed by atoms with Gasteiger partial charge in [0.05, 0.1) is 16.9 Å². The number of hydrogen-bond donors (Lipinski definition) is 0. The molecule has 4 heteroatoms. The van der Waals surface area contributed by atoms with Gasteiger partial charge in [0.25, 0.3) is 5.56 Å². The molecule has 1 aromatic heterocycles. The summed E-state index contributed by atoms with van der Waals surface area (Å²) in [4.78, 5) is 28.6. The van der Waals surface area contributed by atoms with Crippen LogP contribution in [-0.4, -0.2) is 15.3 Å². The predicted octanol–water partition coefficient (Wildman–Crippen LogP) is 1.86. The molecule has 0 aliphatic carbocycles. The number of aromatic nitrogens is 2. The van der Waals surface area contributed by atoms with Gasteiger partial charge in [0.15, 0.2) is 5.78 Å². The molecule has 2 heterocycles. The first-order valence-corrected chi connectivity index (χ1v) is 6.19. The van der Waals surface area contributed by atoms with Crippen LogP contribution in [0.2, 0.25) is 0 Å². The third-order valence-corrected chi connectivity index (χ3v) is 3.54. The van der Waals surface area contributed by atoms with E-state index in [1.165, 1.54) is 0 Å². The fourth-order valence-corrected chi connectivity index (χ4v) is 2.66. The first-order chi connectivity index (χ1) is 8.68. The molecule has 1 aliphatic rings. The molecule has 0 saturated carbocycles. The summed E-state index contributed by atoms with van der Waals surface area (Å²) in [6.45, 7) is 1.54. The number of Topliss-reactive ketones (excluding diaryl/α,β-unsaturated/α-hetero) is 1. The van der Waals surface area contributed by atoms with Gasteiger partial charge in [-0.2, -0.15) is 0 Å². The van der Waals surface area contributed by atoms with E-state index in [2.05, 4.69) is 4.98 Å². The van der Waals surface area contributed by atoms with Crippen molar-refractivity contribution in [2.45, 2.75) is 32.2 Å². The Kier molecular flexibility index (Phi) is 2.51. The minimum absolute atomic E-state index is 0.0372. The van der Waals surface area contributed by atoms with Gasteiger partial charge in [0, 0.05) is 6.42 Å². The second-order valence-corrected chi connectivity index (χ2v) is 4.74. The van der Waals surface area contributed by atoms with Crippen LogP contribution in [0.3, 0.4) is 0 Å². The monoisotopic (exact) mass is 242 g/mol. The molecular weight excluding hydrogens is 228 g/mol. The van der Waals surface area contributed by atoms with E-state index in [1.807, 2.05) is 18.2 Å². The minimum Gasteiger partial charge on any atom is -0.298 e. The molecule has 1 atom stereocenters. The largest absolute Gasteiger partial charge is 0.298 e. The van der Waals surface area contributed by atoms with E-state index < -0.39 is 0 Å². The van der Waals surface area contributed by atoms with Gasteiger partial charge in [0.2, 0.25) is 0 Å². The topological polar surface area (TPSA) is 52.0 Å². The molecule has 1 aliphatic heterocycles. The van der Waals surface area contributed by atoms with Crippen molar-refractivity contribution >= 4 is 16.7 Å². The van der Waals surface area contributed by atoms with Crippen LogP contribution >= 0.6 is 0 Å². The van der Waals surface area contributed by atoms with Crippen molar-refractivity contribution in [3.8, 4) is 0 Å². The van der Waals surface area contributed by atoms with Crippen LogP contribution in [0.15, 0.2) is 29.1 Å². The molecular formula is C14H14N2O2. The van der Waals surface area contributed by atoms with Gasteiger partial charge in [-0.1, -0.05) is 12.1 Å². The zero-order valence-corrected chi connectivity index (χ0v) is 10.2. The van der Waals surface area contributed by atoms with Gasteiger partial charge in [-0.05, 0) is 31.9 Å². The van der Waals surface area contributed by atoms with Crippen LogP contribution in [0.1, 0.15) is 31.6 Å². The molecule has 0 amide bonds. The molecule has 0 N–H and O–H groups in total. The normalized spacial score (nSPS) is 18.6. The third kappa shape index (κ3) is 1.56. The summed E-state index contributed by atoms with van der Waals surface area (Å²) in [5.41, 5.74) is 0.633. The van der Waals surface area contributed by atoms with Crippen molar-refractivity contribution in [2.75, 3.05) is 0 Å². The molecule has 0 radical (unpaired) electrons. The Morgan fingerprint density at radius 2 is 2.17 bits per heavy atom. The lowest BCUT2D eigenvalue weighted by atomic mass is 10.0. The summed E-state index contributed by atoms with van der Waals surface area (Å²) in [5, 5.41) is 0.592. The maximum absolute atomic E-state index is 12.5. The van der Waals surface area contributed by atoms with Crippen LogP contribution < -0.4 is 5.56 Å². The van der Waals surface area contributed by atoms with Crippen molar-refractivity contribution in [3.63, 3.8) is 0 Å². The van der Waals surface area contributed by atoms with Crippen LogP contribution in [0, 0.1) is 0 Å². The summed E-state index contributed by atoms with van der Waals surface area (Å²) in [6.07, 6.45) is 2.42. The Balaban J connectivity index is 2.36. The average Bonchev–Trinajstić information content (AvgIpc) is 2.38.